The molecule has 6 heteroatoms. The minimum Gasteiger partial charge on any atom is -0.388 e. The molecule has 0 saturated carbocycles. The molecule has 0 radical (unpaired) electrons. The van der Waals surface area contributed by atoms with Crippen molar-refractivity contribution in [3.63, 3.8) is 0 Å². The zero-order chi connectivity index (χ0) is 13.6. The Bertz CT molecular complexity index is 397. The molecule has 1 N–H and O–H groups in total. The number of aliphatic hydroxyl groups excluding tert-OH is 1. The number of rotatable bonds is 7. The van der Waals surface area contributed by atoms with Gasteiger partial charge in [0.15, 0.2) is 0 Å². The summed E-state index contributed by atoms with van der Waals surface area (Å²) in [5.41, 5.74) is 0.638. The van der Waals surface area contributed by atoms with Crippen LogP contribution in [0.4, 0.5) is 0 Å². The van der Waals surface area contributed by atoms with E-state index < -0.39 is 13.7 Å². The van der Waals surface area contributed by atoms with Crippen LogP contribution in [0, 0.1) is 0 Å². The predicted molar refractivity (Wildman–Crippen MR) is 72.1 cm³/mol. The molecule has 1 rings (SSSR count). The lowest BCUT2D eigenvalue weighted by Gasteiger charge is -2.20. The van der Waals surface area contributed by atoms with E-state index in [0.29, 0.717) is 10.6 Å². The van der Waals surface area contributed by atoms with Gasteiger partial charge in [0, 0.05) is 5.02 Å². The molecule has 0 saturated heterocycles. The smallest absolute Gasteiger partial charge is 0.333 e. The Hall–Kier alpha value is -0.380. The van der Waals surface area contributed by atoms with Crippen LogP contribution in [0.5, 0.6) is 0 Å². The van der Waals surface area contributed by atoms with E-state index in [4.69, 9.17) is 20.6 Å². The van der Waals surface area contributed by atoms with E-state index in [0.717, 1.165) is 0 Å². The van der Waals surface area contributed by atoms with Gasteiger partial charge in [0.2, 0.25) is 0 Å². The molecule has 18 heavy (non-hydrogen) atoms. The topological polar surface area (TPSA) is 55.8 Å². The standard InChI is InChI=1S/C12H18ClO4P/c1-3-16-18(15,17-4-2)9-12(14)10-5-7-11(13)8-6-10/h5-8,12,14H,3-4,9H2,1-2H3/t12-/m1/s1. The van der Waals surface area contributed by atoms with Crippen molar-refractivity contribution < 1.29 is 18.7 Å². The van der Waals surface area contributed by atoms with Crippen molar-refractivity contribution in [2.45, 2.75) is 20.0 Å². The largest absolute Gasteiger partial charge is 0.388 e. The third kappa shape index (κ3) is 4.71. The van der Waals surface area contributed by atoms with E-state index >= 15 is 0 Å². The van der Waals surface area contributed by atoms with Gasteiger partial charge in [0.1, 0.15) is 0 Å². The van der Waals surface area contributed by atoms with Gasteiger partial charge in [-0.3, -0.25) is 4.57 Å². The Morgan fingerprint density at radius 2 is 1.72 bits per heavy atom. The summed E-state index contributed by atoms with van der Waals surface area (Å²) in [6.07, 6.45) is -0.956. The zero-order valence-corrected chi connectivity index (χ0v) is 12.2. The maximum atomic E-state index is 12.2. The molecule has 0 aromatic heterocycles. The highest BCUT2D eigenvalue weighted by molar-refractivity contribution is 7.53. The van der Waals surface area contributed by atoms with Gasteiger partial charge in [-0.25, -0.2) is 0 Å². The lowest BCUT2D eigenvalue weighted by atomic mass is 10.1. The van der Waals surface area contributed by atoms with Crippen LogP contribution < -0.4 is 0 Å². The summed E-state index contributed by atoms with van der Waals surface area (Å²) < 4.78 is 22.5. The monoisotopic (exact) mass is 292 g/mol. The van der Waals surface area contributed by atoms with Gasteiger partial charge in [-0.2, -0.15) is 0 Å². The first-order chi connectivity index (χ1) is 8.50. The highest BCUT2D eigenvalue weighted by Crippen LogP contribution is 2.50. The van der Waals surface area contributed by atoms with Gasteiger partial charge in [0.25, 0.3) is 0 Å². The van der Waals surface area contributed by atoms with E-state index in [1.165, 1.54) is 0 Å². The zero-order valence-electron chi connectivity index (χ0n) is 10.5. The SMILES string of the molecule is CCOP(=O)(C[C@@H](O)c1ccc(Cl)cc1)OCC. The fourth-order valence-corrected chi connectivity index (χ4v) is 3.37. The summed E-state index contributed by atoms with van der Waals surface area (Å²) in [7, 11) is -3.24. The van der Waals surface area contributed by atoms with Gasteiger partial charge in [-0.15, -0.1) is 0 Å². The molecule has 0 spiro atoms. The van der Waals surface area contributed by atoms with Gasteiger partial charge >= 0.3 is 7.60 Å². The molecule has 4 nitrogen and oxygen atoms in total. The van der Waals surface area contributed by atoms with Crippen LogP contribution in [-0.4, -0.2) is 24.5 Å². The second-order valence-electron chi connectivity index (χ2n) is 3.70. The molecule has 0 amide bonds. The van der Waals surface area contributed by atoms with Crippen molar-refractivity contribution in [1.82, 2.24) is 0 Å². The Balaban J connectivity index is 2.74. The highest BCUT2D eigenvalue weighted by atomic mass is 35.5. The summed E-state index contributed by atoms with van der Waals surface area (Å²) in [4.78, 5) is 0. The molecule has 1 aromatic carbocycles. The van der Waals surface area contributed by atoms with E-state index in [2.05, 4.69) is 0 Å². The summed E-state index contributed by atoms with van der Waals surface area (Å²) in [5.74, 6) is 0. The molecule has 0 aliphatic carbocycles. The minimum atomic E-state index is -3.24. The molecular formula is C12H18ClO4P. The fourth-order valence-electron chi connectivity index (χ4n) is 1.54. The van der Waals surface area contributed by atoms with Crippen molar-refractivity contribution >= 4 is 19.2 Å². The first-order valence-corrected chi connectivity index (χ1v) is 7.93. The van der Waals surface area contributed by atoms with E-state index in [-0.39, 0.29) is 19.4 Å². The maximum absolute atomic E-state index is 12.2. The maximum Gasteiger partial charge on any atom is 0.333 e. The van der Waals surface area contributed by atoms with Crippen molar-refractivity contribution in [2.24, 2.45) is 0 Å². The first-order valence-electron chi connectivity index (χ1n) is 5.82. The molecule has 0 aliphatic rings. The van der Waals surface area contributed by atoms with Gasteiger partial charge in [-0.05, 0) is 31.5 Å². The molecular weight excluding hydrogens is 275 g/mol. The van der Waals surface area contributed by atoms with Crippen LogP contribution >= 0.6 is 19.2 Å². The summed E-state index contributed by atoms with van der Waals surface area (Å²) in [6.45, 7) is 4.04. The molecule has 0 unspecified atom stereocenters. The third-order valence-electron chi connectivity index (χ3n) is 2.30. The third-order valence-corrected chi connectivity index (χ3v) is 4.65. The average Bonchev–Trinajstić information content (AvgIpc) is 2.30. The van der Waals surface area contributed by atoms with Crippen molar-refractivity contribution in [2.75, 3.05) is 19.4 Å². The van der Waals surface area contributed by atoms with Crippen molar-refractivity contribution in [3.8, 4) is 0 Å². The molecule has 1 aromatic rings. The first kappa shape index (κ1) is 15.7. The van der Waals surface area contributed by atoms with E-state index in [1.54, 1.807) is 38.1 Å². The second-order valence-corrected chi connectivity index (χ2v) is 6.24. The van der Waals surface area contributed by atoms with Crippen LogP contribution in [0.1, 0.15) is 25.5 Å². The Labute approximate surface area is 112 Å². The number of hydrogen-bond acceptors (Lipinski definition) is 4. The summed E-state index contributed by atoms with van der Waals surface area (Å²) in [5, 5.41) is 10.6. The van der Waals surface area contributed by atoms with Crippen LogP contribution in [0.25, 0.3) is 0 Å². The van der Waals surface area contributed by atoms with E-state index in [1.807, 2.05) is 0 Å². The summed E-state index contributed by atoms with van der Waals surface area (Å²) >= 11 is 5.76. The van der Waals surface area contributed by atoms with Crippen molar-refractivity contribution in [1.29, 1.82) is 0 Å². The van der Waals surface area contributed by atoms with Gasteiger partial charge in [0.05, 0.1) is 25.5 Å². The summed E-state index contributed by atoms with van der Waals surface area (Å²) in [6, 6.07) is 6.73. The molecule has 0 bridgehead atoms. The Kier molecular flexibility index (Phi) is 6.33. The van der Waals surface area contributed by atoms with Crippen LogP contribution in [0.2, 0.25) is 5.02 Å². The van der Waals surface area contributed by atoms with Gasteiger partial charge < -0.3 is 14.2 Å². The molecule has 0 fully saturated rings. The lowest BCUT2D eigenvalue weighted by molar-refractivity contribution is 0.170. The minimum absolute atomic E-state index is 0.0592. The fraction of sp³-hybridized carbons (Fsp3) is 0.500. The van der Waals surface area contributed by atoms with Crippen molar-refractivity contribution in [3.05, 3.63) is 34.9 Å². The van der Waals surface area contributed by atoms with Crippen LogP contribution in [0.3, 0.4) is 0 Å². The number of aliphatic hydroxyl groups is 1. The number of halogens is 1. The molecule has 102 valence electrons. The van der Waals surface area contributed by atoms with Crippen LogP contribution in [-0.2, 0) is 13.6 Å². The molecule has 0 aliphatic heterocycles. The lowest BCUT2D eigenvalue weighted by Crippen LogP contribution is -2.08. The predicted octanol–water partition coefficient (Wildman–Crippen LogP) is 3.64. The second kappa shape index (κ2) is 7.27. The molecule has 1 atom stereocenters. The highest BCUT2D eigenvalue weighted by Gasteiger charge is 2.28. The molecule has 0 heterocycles. The average molecular weight is 293 g/mol. The number of benzene rings is 1. The van der Waals surface area contributed by atoms with Crippen LogP contribution in [0.15, 0.2) is 24.3 Å². The number of hydrogen-bond donors (Lipinski definition) is 1. The normalized spacial score (nSPS) is 13.6. The van der Waals surface area contributed by atoms with E-state index in [9.17, 15) is 9.67 Å². The Morgan fingerprint density at radius 3 is 2.17 bits per heavy atom. The van der Waals surface area contributed by atoms with Gasteiger partial charge in [-0.1, -0.05) is 23.7 Å². The quantitative estimate of drug-likeness (QED) is 0.780. The Morgan fingerprint density at radius 1 is 1.22 bits per heavy atom.